The Balaban J connectivity index is 2.15. The quantitative estimate of drug-likeness (QED) is 0.672. The van der Waals surface area contributed by atoms with E-state index in [0.717, 1.165) is 0 Å². The highest BCUT2D eigenvalue weighted by Gasteiger charge is 1.96. The molecule has 0 N–H and O–H groups in total. The van der Waals surface area contributed by atoms with Crippen molar-refractivity contribution in [2.45, 2.75) is 13.8 Å². The van der Waals surface area contributed by atoms with Crippen molar-refractivity contribution in [1.29, 1.82) is 0 Å². The average molecular weight is 213 g/mol. The van der Waals surface area contributed by atoms with Gasteiger partial charge in [-0.05, 0) is 33.0 Å². The fourth-order valence-corrected chi connectivity index (χ4v) is 2.28. The number of hydrogen-bond donors (Lipinski definition) is 0. The Kier molecular flexibility index (Phi) is 3.18. The fraction of sp³-hybridized carbons (Fsp3) is 0.143. The Bertz CT molecular complexity index is 382. The normalized spacial score (nSPS) is 10.3. The van der Waals surface area contributed by atoms with E-state index in [-0.39, 0.29) is 0 Å². The van der Waals surface area contributed by atoms with Gasteiger partial charge >= 0.3 is 0 Å². The summed E-state index contributed by atoms with van der Waals surface area (Å²) in [5.41, 5.74) is 2.63. The van der Waals surface area contributed by atoms with Crippen LogP contribution in [0.4, 0.5) is 0 Å². The van der Waals surface area contributed by atoms with Gasteiger partial charge < -0.3 is 0 Å². The van der Waals surface area contributed by atoms with E-state index in [0.29, 0.717) is 0 Å². The monoisotopic (exact) mass is 213 g/mol. The van der Waals surface area contributed by atoms with E-state index < -0.39 is 0 Å². The van der Waals surface area contributed by atoms with Gasteiger partial charge in [-0.2, -0.15) is 0 Å². The maximum absolute atomic E-state index is 2.19. The van der Waals surface area contributed by atoms with Gasteiger partial charge in [0.25, 0.3) is 0 Å². The molecule has 0 nitrogen and oxygen atoms in total. The second kappa shape index (κ2) is 4.59. The minimum Gasteiger partial charge on any atom is -0.0587 e. The third kappa shape index (κ3) is 2.91. The topological polar surface area (TPSA) is 0 Å². The summed E-state index contributed by atoms with van der Waals surface area (Å²) in [5, 5.41) is 2.70. The lowest BCUT2D eigenvalue weighted by Crippen LogP contribution is -2.02. The molecule has 0 aliphatic carbocycles. The Morgan fingerprint density at radius 1 is 0.600 bits per heavy atom. The van der Waals surface area contributed by atoms with E-state index in [4.69, 9.17) is 0 Å². The molecule has 0 aliphatic rings. The molecule has 15 heavy (non-hydrogen) atoms. The molecule has 0 saturated heterocycles. The number of rotatable bonds is 2. The van der Waals surface area contributed by atoms with E-state index in [1.807, 2.05) is 0 Å². The number of hydrogen-bond acceptors (Lipinski definition) is 0. The van der Waals surface area contributed by atoms with Crippen LogP contribution in [0.3, 0.4) is 0 Å². The molecule has 0 heterocycles. The molecule has 1 heteroatoms. The molecule has 0 atom stereocenters. The minimum absolute atomic E-state index is 1.29. The molecular formula is C14H14P. The first-order valence-corrected chi connectivity index (χ1v) is 5.98. The summed E-state index contributed by atoms with van der Waals surface area (Å²) in [6.07, 6.45) is 0. The zero-order chi connectivity index (χ0) is 10.7. The van der Waals surface area contributed by atoms with Crippen LogP contribution in [-0.2, 0) is 0 Å². The van der Waals surface area contributed by atoms with Gasteiger partial charge in [-0.1, -0.05) is 59.7 Å². The Labute approximate surface area is 93.1 Å². The Morgan fingerprint density at radius 3 is 1.27 bits per heavy atom. The van der Waals surface area contributed by atoms with Gasteiger partial charge in [0.2, 0.25) is 0 Å². The smallest absolute Gasteiger partial charge is 0.0100 e. The highest BCUT2D eigenvalue weighted by atomic mass is 31.1. The van der Waals surface area contributed by atoms with E-state index in [2.05, 4.69) is 62.4 Å². The fourth-order valence-electron chi connectivity index (χ4n) is 1.39. The van der Waals surface area contributed by atoms with Crippen molar-refractivity contribution in [3.05, 3.63) is 59.7 Å². The summed E-state index contributed by atoms with van der Waals surface area (Å²) in [4.78, 5) is 0. The first kappa shape index (κ1) is 10.4. The van der Waals surface area contributed by atoms with Crippen molar-refractivity contribution in [2.24, 2.45) is 0 Å². The van der Waals surface area contributed by atoms with Crippen LogP contribution in [0.15, 0.2) is 48.5 Å². The lowest BCUT2D eigenvalue weighted by Gasteiger charge is -2.02. The van der Waals surface area contributed by atoms with Gasteiger partial charge in [-0.25, -0.2) is 0 Å². The number of benzene rings is 2. The van der Waals surface area contributed by atoms with Crippen molar-refractivity contribution in [2.75, 3.05) is 0 Å². The van der Waals surface area contributed by atoms with Gasteiger partial charge in [0.1, 0.15) is 0 Å². The summed E-state index contributed by atoms with van der Waals surface area (Å²) < 4.78 is 0. The molecule has 0 unspecified atom stereocenters. The standard InChI is InChI=1S/C14H14P/c1-11-3-7-13(8-4-11)15-14-9-5-12(2)6-10-14/h3-10H,1-2H3. The van der Waals surface area contributed by atoms with Crippen LogP contribution >= 0.6 is 8.58 Å². The van der Waals surface area contributed by atoms with E-state index in [1.165, 1.54) is 30.3 Å². The molecule has 0 aliphatic heterocycles. The predicted octanol–water partition coefficient (Wildman–Crippen LogP) is 3.20. The largest absolute Gasteiger partial charge is 0.0587 e. The second-order valence-electron chi connectivity index (χ2n) is 3.78. The second-order valence-corrected chi connectivity index (χ2v) is 5.04. The van der Waals surface area contributed by atoms with Crippen molar-refractivity contribution < 1.29 is 0 Å². The zero-order valence-electron chi connectivity index (χ0n) is 9.07. The number of aryl methyl sites for hydroxylation is 2. The summed E-state index contributed by atoms with van der Waals surface area (Å²) in [6.45, 7) is 4.24. The molecule has 2 aromatic carbocycles. The van der Waals surface area contributed by atoms with Crippen molar-refractivity contribution in [1.82, 2.24) is 0 Å². The first-order chi connectivity index (χ1) is 7.24. The van der Waals surface area contributed by atoms with Gasteiger partial charge in [0, 0.05) is 0 Å². The van der Waals surface area contributed by atoms with Gasteiger partial charge in [0.15, 0.2) is 0 Å². The summed E-state index contributed by atoms with van der Waals surface area (Å²) in [7, 11) is 1.29. The Hall–Kier alpha value is -1.13. The molecule has 0 amide bonds. The minimum atomic E-state index is 1.29. The highest BCUT2D eigenvalue weighted by Crippen LogP contribution is 2.11. The van der Waals surface area contributed by atoms with Gasteiger partial charge in [-0.15, -0.1) is 0 Å². The van der Waals surface area contributed by atoms with Crippen molar-refractivity contribution >= 4 is 19.2 Å². The Morgan fingerprint density at radius 2 is 0.933 bits per heavy atom. The maximum Gasteiger partial charge on any atom is -0.0100 e. The summed E-state index contributed by atoms with van der Waals surface area (Å²) in [6, 6.07) is 17.4. The molecule has 75 valence electrons. The van der Waals surface area contributed by atoms with Crippen LogP contribution in [0.1, 0.15) is 11.1 Å². The van der Waals surface area contributed by atoms with Crippen LogP contribution in [0.5, 0.6) is 0 Å². The first-order valence-electron chi connectivity index (χ1n) is 5.09. The van der Waals surface area contributed by atoms with Crippen LogP contribution in [0.25, 0.3) is 0 Å². The third-order valence-electron chi connectivity index (χ3n) is 2.33. The lowest BCUT2D eigenvalue weighted by atomic mass is 10.2. The van der Waals surface area contributed by atoms with E-state index >= 15 is 0 Å². The molecule has 0 spiro atoms. The van der Waals surface area contributed by atoms with E-state index in [9.17, 15) is 0 Å². The zero-order valence-corrected chi connectivity index (χ0v) is 9.96. The summed E-state index contributed by atoms with van der Waals surface area (Å²) >= 11 is 0. The van der Waals surface area contributed by atoms with Gasteiger partial charge in [0.05, 0.1) is 0 Å². The van der Waals surface area contributed by atoms with Crippen LogP contribution < -0.4 is 10.6 Å². The molecule has 0 saturated carbocycles. The van der Waals surface area contributed by atoms with Gasteiger partial charge in [-0.3, -0.25) is 0 Å². The third-order valence-corrected chi connectivity index (χ3v) is 3.44. The van der Waals surface area contributed by atoms with Crippen molar-refractivity contribution in [3.8, 4) is 0 Å². The average Bonchev–Trinajstić information content (AvgIpc) is 2.25. The van der Waals surface area contributed by atoms with Crippen LogP contribution in [0.2, 0.25) is 0 Å². The molecule has 0 aromatic heterocycles. The SMILES string of the molecule is Cc1ccc([P]c2ccc(C)cc2)cc1. The van der Waals surface area contributed by atoms with E-state index in [1.54, 1.807) is 0 Å². The maximum atomic E-state index is 2.19. The molecule has 0 fully saturated rings. The molecule has 2 rings (SSSR count). The highest BCUT2D eigenvalue weighted by molar-refractivity contribution is 7.55. The summed E-state index contributed by atoms with van der Waals surface area (Å²) in [5.74, 6) is 0. The molecule has 0 bridgehead atoms. The molecular weight excluding hydrogens is 199 g/mol. The van der Waals surface area contributed by atoms with Crippen molar-refractivity contribution in [3.63, 3.8) is 0 Å². The molecule has 1 radical (unpaired) electrons. The lowest BCUT2D eigenvalue weighted by molar-refractivity contribution is 1.49. The van der Waals surface area contributed by atoms with Crippen LogP contribution in [-0.4, -0.2) is 0 Å². The van der Waals surface area contributed by atoms with Crippen LogP contribution in [0, 0.1) is 13.8 Å². The molecule has 2 aromatic rings. The predicted molar refractivity (Wildman–Crippen MR) is 68.5 cm³/mol.